The summed E-state index contributed by atoms with van der Waals surface area (Å²) in [5, 5.41) is 6.47. The van der Waals surface area contributed by atoms with Gasteiger partial charge in [-0.15, -0.1) is 5.10 Å². The van der Waals surface area contributed by atoms with Crippen molar-refractivity contribution in [3.8, 4) is 11.5 Å². The van der Waals surface area contributed by atoms with Gasteiger partial charge in [0.2, 0.25) is 5.90 Å². The highest BCUT2D eigenvalue weighted by Crippen LogP contribution is 2.41. The number of carbonyl (C=O) groups is 1. The number of aldehydes is 1. The zero-order valence-electron chi connectivity index (χ0n) is 16.1. The van der Waals surface area contributed by atoms with E-state index >= 15 is 0 Å². The van der Waals surface area contributed by atoms with Crippen LogP contribution in [0.1, 0.15) is 31.4 Å². The second-order valence-electron chi connectivity index (χ2n) is 7.28. The molecule has 0 N–H and O–H groups in total. The lowest BCUT2D eigenvalue weighted by Gasteiger charge is -2.36. The van der Waals surface area contributed by atoms with E-state index in [9.17, 15) is 4.79 Å². The van der Waals surface area contributed by atoms with Gasteiger partial charge in [0.15, 0.2) is 17.8 Å². The fraction of sp³-hybridized carbons (Fsp3) is 0.364. The van der Waals surface area contributed by atoms with Crippen LogP contribution in [-0.2, 0) is 21.7 Å². The van der Waals surface area contributed by atoms with Gasteiger partial charge in [0.05, 0.1) is 6.42 Å². The molecule has 0 spiro atoms. The Balaban J connectivity index is 1.61. The van der Waals surface area contributed by atoms with Crippen molar-refractivity contribution in [1.82, 2.24) is 5.01 Å². The van der Waals surface area contributed by atoms with Crippen LogP contribution in [0.3, 0.4) is 0 Å². The molecule has 0 bridgehead atoms. The lowest BCUT2D eigenvalue weighted by atomic mass is 9.87. The summed E-state index contributed by atoms with van der Waals surface area (Å²) >= 11 is 0. The molecule has 6 heteroatoms. The summed E-state index contributed by atoms with van der Waals surface area (Å²) in [5.74, 6) is 1.92. The average Bonchev–Trinajstić information content (AvgIpc) is 3.13. The maximum atomic E-state index is 12.4. The number of rotatable bonds is 5. The molecule has 28 heavy (non-hydrogen) atoms. The molecule has 0 radical (unpaired) electrons. The van der Waals surface area contributed by atoms with Gasteiger partial charge in [-0.25, -0.2) is 0 Å². The number of hydrazone groups is 1. The van der Waals surface area contributed by atoms with Crippen LogP contribution < -0.4 is 9.47 Å². The monoisotopic (exact) mass is 380 g/mol. The minimum Gasteiger partial charge on any atom is -0.486 e. The Morgan fingerprint density at radius 1 is 1.14 bits per heavy atom. The third-order valence-corrected chi connectivity index (χ3v) is 5.02. The smallest absolute Gasteiger partial charge is 0.209 e. The fourth-order valence-corrected chi connectivity index (χ4v) is 3.66. The Morgan fingerprint density at radius 2 is 1.89 bits per heavy atom. The number of benzene rings is 2. The highest BCUT2D eigenvalue weighted by atomic mass is 16.6. The maximum Gasteiger partial charge on any atom is 0.209 e. The highest BCUT2D eigenvalue weighted by molar-refractivity contribution is 5.86. The summed E-state index contributed by atoms with van der Waals surface area (Å²) in [5.41, 5.74) is 0.961. The van der Waals surface area contributed by atoms with Crippen LogP contribution >= 0.6 is 0 Å². The van der Waals surface area contributed by atoms with E-state index in [0.29, 0.717) is 43.6 Å². The molecular weight excluding hydrogens is 356 g/mol. The molecule has 2 aromatic carbocycles. The zero-order valence-corrected chi connectivity index (χ0v) is 16.1. The first-order valence-electron chi connectivity index (χ1n) is 9.52. The number of fused-ring (bicyclic) bond motifs is 1. The molecule has 0 amide bonds. The van der Waals surface area contributed by atoms with Crippen LogP contribution in [0.15, 0.2) is 53.6 Å². The van der Waals surface area contributed by atoms with Gasteiger partial charge < -0.3 is 19.0 Å². The Bertz CT molecular complexity index is 881. The van der Waals surface area contributed by atoms with E-state index in [4.69, 9.17) is 14.2 Å². The molecule has 2 heterocycles. The van der Waals surface area contributed by atoms with Gasteiger partial charge in [0, 0.05) is 6.04 Å². The van der Waals surface area contributed by atoms with Crippen LogP contribution in [0, 0.1) is 0 Å². The van der Waals surface area contributed by atoms with Crippen molar-refractivity contribution in [2.45, 2.75) is 38.5 Å². The second-order valence-corrected chi connectivity index (χ2v) is 7.28. The molecule has 6 nitrogen and oxygen atoms in total. The summed E-state index contributed by atoms with van der Waals surface area (Å²) in [6.45, 7) is 5.48. The van der Waals surface area contributed by atoms with Crippen LogP contribution in [0.25, 0.3) is 0 Å². The number of nitrogens with zero attached hydrogens (tertiary/aromatic N) is 2. The molecule has 4 rings (SSSR count). The molecule has 2 aromatic rings. The van der Waals surface area contributed by atoms with Crippen molar-refractivity contribution in [3.63, 3.8) is 0 Å². The summed E-state index contributed by atoms with van der Waals surface area (Å²) in [6.07, 6.45) is 1.34. The Morgan fingerprint density at radius 3 is 2.61 bits per heavy atom. The molecule has 146 valence electrons. The lowest BCUT2D eigenvalue weighted by Crippen LogP contribution is -2.45. The molecule has 0 saturated carbocycles. The van der Waals surface area contributed by atoms with Crippen molar-refractivity contribution in [3.05, 3.63) is 59.7 Å². The van der Waals surface area contributed by atoms with Gasteiger partial charge in [-0.2, -0.15) is 0 Å². The van der Waals surface area contributed by atoms with E-state index in [1.54, 1.807) is 0 Å². The number of ether oxygens (including phenoxy) is 3. The molecule has 2 aliphatic heterocycles. The van der Waals surface area contributed by atoms with E-state index in [-0.39, 0.29) is 6.04 Å². The number of hydrogen-bond donors (Lipinski definition) is 0. The molecule has 1 atom stereocenters. The molecule has 0 aliphatic carbocycles. The average molecular weight is 380 g/mol. The molecule has 2 aliphatic rings. The van der Waals surface area contributed by atoms with E-state index in [1.165, 1.54) is 0 Å². The van der Waals surface area contributed by atoms with E-state index < -0.39 is 5.54 Å². The highest BCUT2D eigenvalue weighted by Gasteiger charge is 2.47. The topological polar surface area (TPSA) is 60.4 Å². The third-order valence-electron chi connectivity index (χ3n) is 5.02. The zero-order chi connectivity index (χ0) is 19.6. The van der Waals surface area contributed by atoms with Gasteiger partial charge in [0.25, 0.3) is 0 Å². The quantitative estimate of drug-likeness (QED) is 0.743. The fourth-order valence-electron chi connectivity index (χ4n) is 3.66. The Labute approximate surface area is 164 Å². The van der Waals surface area contributed by atoms with Gasteiger partial charge in [-0.3, -0.25) is 5.01 Å². The minimum atomic E-state index is -0.921. The van der Waals surface area contributed by atoms with Crippen LogP contribution in [0.5, 0.6) is 11.5 Å². The third kappa shape index (κ3) is 3.30. The van der Waals surface area contributed by atoms with Crippen molar-refractivity contribution in [2.24, 2.45) is 5.10 Å². The first-order chi connectivity index (χ1) is 13.6. The summed E-state index contributed by atoms with van der Waals surface area (Å²) in [7, 11) is 0. The molecular formula is C22H24N2O4. The van der Waals surface area contributed by atoms with Crippen LogP contribution in [0.4, 0.5) is 0 Å². The van der Waals surface area contributed by atoms with Gasteiger partial charge in [0.1, 0.15) is 25.4 Å². The SMILES string of the molecule is CC(C)N1N=C(OCc2ccccc2)CC1(C=O)c1ccc2c(c1)OCCO2. The van der Waals surface area contributed by atoms with E-state index in [0.717, 1.165) is 17.4 Å². The second kappa shape index (κ2) is 7.54. The van der Waals surface area contributed by atoms with Gasteiger partial charge in [-0.05, 0) is 37.1 Å². The van der Waals surface area contributed by atoms with Gasteiger partial charge in [-0.1, -0.05) is 36.4 Å². The molecule has 1 unspecified atom stereocenters. The number of carbonyl (C=O) groups excluding carboxylic acids is 1. The summed E-state index contributed by atoms with van der Waals surface area (Å²) < 4.78 is 17.3. The summed E-state index contributed by atoms with van der Waals surface area (Å²) in [6, 6.07) is 15.6. The van der Waals surface area contributed by atoms with Crippen molar-refractivity contribution < 1.29 is 19.0 Å². The van der Waals surface area contributed by atoms with E-state index in [1.807, 2.05) is 67.4 Å². The first-order valence-corrected chi connectivity index (χ1v) is 9.52. The molecule has 0 aromatic heterocycles. The normalized spacial score (nSPS) is 20.8. The van der Waals surface area contributed by atoms with Crippen molar-refractivity contribution in [1.29, 1.82) is 0 Å². The Kier molecular flexibility index (Phi) is 4.94. The largest absolute Gasteiger partial charge is 0.486 e. The summed E-state index contributed by atoms with van der Waals surface area (Å²) in [4.78, 5) is 12.4. The van der Waals surface area contributed by atoms with Crippen LogP contribution in [0.2, 0.25) is 0 Å². The number of hydrogen-bond acceptors (Lipinski definition) is 6. The molecule has 0 saturated heterocycles. The standard InChI is InChI=1S/C22H24N2O4/c1-16(2)24-22(15-25,18-8-9-19-20(12-18)27-11-10-26-19)13-21(23-24)28-14-17-6-4-3-5-7-17/h3-9,12,15-16H,10-11,13-14H2,1-2H3. The minimum absolute atomic E-state index is 0.0243. The maximum absolute atomic E-state index is 12.4. The lowest BCUT2D eigenvalue weighted by molar-refractivity contribution is -0.119. The van der Waals surface area contributed by atoms with Crippen molar-refractivity contribution in [2.75, 3.05) is 13.2 Å². The predicted octanol–water partition coefficient (Wildman–Crippen LogP) is 3.50. The predicted molar refractivity (Wildman–Crippen MR) is 105 cm³/mol. The first kappa shape index (κ1) is 18.3. The van der Waals surface area contributed by atoms with Gasteiger partial charge >= 0.3 is 0 Å². The molecule has 0 fully saturated rings. The van der Waals surface area contributed by atoms with Crippen molar-refractivity contribution >= 4 is 12.2 Å². The van der Waals surface area contributed by atoms with Crippen LogP contribution in [-0.4, -0.2) is 36.4 Å². The Hall–Kier alpha value is -3.02. The van der Waals surface area contributed by atoms with E-state index in [2.05, 4.69) is 5.10 Å².